The monoisotopic (exact) mass is 168 g/mol. The summed E-state index contributed by atoms with van der Waals surface area (Å²) in [5, 5.41) is 3.03. The van der Waals surface area contributed by atoms with Gasteiger partial charge in [-0.2, -0.15) is 0 Å². The van der Waals surface area contributed by atoms with E-state index in [0.717, 1.165) is 5.56 Å². The van der Waals surface area contributed by atoms with Crippen LogP contribution in [0.25, 0.3) is 0 Å². The van der Waals surface area contributed by atoms with Crippen molar-refractivity contribution in [1.29, 1.82) is 0 Å². The molecule has 0 aliphatic heterocycles. The second-order valence-electron chi connectivity index (χ2n) is 2.65. The van der Waals surface area contributed by atoms with Crippen molar-refractivity contribution in [3.05, 3.63) is 30.1 Å². The fourth-order valence-electron chi connectivity index (χ4n) is 1.02. The Labute approximate surface area is 71.8 Å². The van der Waals surface area contributed by atoms with Crippen molar-refractivity contribution in [2.24, 2.45) is 0 Å². The van der Waals surface area contributed by atoms with Crippen LogP contribution in [-0.4, -0.2) is 18.2 Å². The van der Waals surface area contributed by atoms with Crippen molar-refractivity contribution in [3.8, 4) is 0 Å². The molecule has 1 atom stereocenters. The molecule has 0 aliphatic carbocycles. The van der Waals surface area contributed by atoms with E-state index >= 15 is 0 Å². The normalized spacial score (nSPS) is 12.8. The van der Waals surface area contributed by atoms with Crippen molar-refractivity contribution in [3.63, 3.8) is 0 Å². The maximum absolute atomic E-state index is 11.8. The molecule has 0 bridgehead atoms. The van der Waals surface area contributed by atoms with Gasteiger partial charge in [0.2, 0.25) is 0 Å². The van der Waals surface area contributed by atoms with Gasteiger partial charge < -0.3 is 5.32 Å². The fraction of sp³-hybridized carbons (Fsp3) is 0.444. The average Bonchev–Trinajstić information content (AvgIpc) is 2.15. The van der Waals surface area contributed by atoms with Gasteiger partial charge in [-0.05, 0) is 18.6 Å². The summed E-state index contributed by atoms with van der Waals surface area (Å²) >= 11 is 0. The van der Waals surface area contributed by atoms with Crippen molar-refractivity contribution in [2.45, 2.75) is 13.0 Å². The van der Waals surface area contributed by atoms with Gasteiger partial charge in [0.25, 0.3) is 0 Å². The Hall–Kier alpha value is -0.960. The number of nitrogens with zero attached hydrogens (tertiary/aromatic N) is 1. The molecule has 0 aromatic carbocycles. The predicted octanol–water partition coefficient (Wildman–Crippen LogP) is 1.70. The third kappa shape index (κ3) is 2.58. The summed E-state index contributed by atoms with van der Waals surface area (Å²) in [7, 11) is 0. The van der Waals surface area contributed by atoms with Gasteiger partial charge in [-0.3, -0.25) is 4.98 Å². The van der Waals surface area contributed by atoms with Crippen LogP contribution < -0.4 is 5.32 Å². The summed E-state index contributed by atoms with van der Waals surface area (Å²) in [6.07, 6.45) is 3.52. The Bertz CT molecular complexity index is 213. The molecule has 1 rings (SSSR count). The number of nitrogens with one attached hydrogen (secondary N) is 1. The van der Waals surface area contributed by atoms with E-state index in [1.807, 2.05) is 19.1 Å². The fourth-order valence-corrected chi connectivity index (χ4v) is 1.02. The molecule has 0 aliphatic rings. The van der Waals surface area contributed by atoms with Crippen LogP contribution in [0, 0.1) is 0 Å². The Morgan fingerprint density at radius 1 is 1.67 bits per heavy atom. The number of hydrogen-bond acceptors (Lipinski definition) is 2. The van der Waals surface area contributed by atoms with Crippen LogP contribution in [-0.2, 0) is 0 Å². The van der Waals surface area contributed by atoms with E-state index in [2.05, 4.69) is 10.3 Å². The van der Waals surface area contributed by atoms with E-state index in [1.54, 1.807) is 12.4 Å². The maximum Gasteiger partial charge on any atom is 0.102 e. The van der Waals surface area contributed by atoms with Gasteiger partial charge >= 0.3 is 0 Å². The van der Waals surface area contributed by atoms with Gasteiger partial charge in [-0.1, -0.05) is 6.07 Å². The smallest absolute Gasteiger partial charge is 0.102 e. The Kier molecular flexibility index (Phi) is 3.67. The molecule has 1 N–H and O–H groups in total. The number of rotatable bonds is 4. The van der Waals surface area contributed by atoms with E-state index in [0.29, 0.717) is 6.54 Å². The van der Waals surface area contributed by atoms with Gasteiger partial charge in [0.05, 0.1) is 0 Å². The highest BCUT2D eigenvalue weighted by Gasteiger charge is 2.02. The lowest BCUT2D eigenvalue weighted by atomic mass is 10.1. The Morgan fingerprint density at radius 3 is 3.08 bits per heavy atom. The lowest BCUT2D eigenvalue weighted by Crippen LogP contribution is -2.20. The van der Waals surface area contributed by atoms with Gasteiger partial charge in [-0.15, -0.1) is 0 Å². The zero-order valence-corrected chi connectivity index (χ0v) is 7.13. The molecule has 0 radical (unpaired) electrons. The molecule has 1 unspecified atom stereocenters. The van der Waals surface area contributed by atoms with E-state index < -0.39 is 0 Å². The topological polar surface area (TPSA) is 24.9 Å². The molecule has 12 heavy (non-hydrogen) atoms. The van der Waals surface area contributed by atoms with Gasteiger partial charge in [0, 0.05) is 25.0 Å². The number of aromatic nitrogens is 1. The number of hydrogen-bond donors (Lipinski definition) is 1. The molecular formula is C9H13FN2. The highest BCUT2D eigenvalue weighted by Crippen LogP contribution is 2.08. The van der Waals surface area contributed by atoms with Crippen molar-refractivity contribution < 1.29 is 4.39 Å². The van der Waals surface area contributed by atoms with Gasteiger partial charge in [0.1, 0.15) is 6.67 Å². The quantitative estimate of drug-likeness (QED) is 0.740. The van der Waals surface area contributed by atoms with Crippen molar-refractivity contribution in [1.82, 2.24) is 10.3 Å². The van der Waals surface area contributed by atoms with Crippen LogP contribution in [0.2, 0.25) is 0 Å². The molecule has 2 nitrogen and oxygen atoms in total. The Morgan fingerprint density at radius 2 is 2.50 bits per heavy atom. The third-order valence-electron chi connectivity index (χ3n) is 1.73. The molecule has 0 saturated carbocycles. The minimum Gasteiger partial charge on any atom is -0.308 e. The summed E-state index contributed by atoms with van der Waals surface area (Å²) in [4.78, 5) is 3.98. The molecule has 1 heterocycles. The highest BCUT2D eigenvalue weighted by molar-refractivity contribution is 5.12. The first-order valence-corrected chi connectivity index (χ1v) is 4.04. The van der Waals surface area contributed by atoms with E-state index in [1.165, 1.54) is 0 Å². The summed E-state index contributed by atoms with van der Waals surface area (Å²) in [6.45, 7) is 2.06. The van der Waals surface area contributed by atoms with E-state index in [-0.39, 0.29) is 12.7 Å². The summed E-state index contributed by atoms with van der Waals surface area (Å²) in [6, 6.07) is 4.03. The molecule has 0 fully saturated rings. The zero-order valence-electron chi connectivity index (χ0n) is 7.13. The highest BCUT2D eigenvalue weighted by atomic mass is 19.1. The van der Waals surface area contributed by atoms with Crippen LogP contribution in [0.3, 0.4) is 0 Å². The number of alkyl halides is 1. The first-order chi connectivity index (χ1) is 5.84. The molecule has 0 spiro atoms. The lowest BCUT2D eigenvalue weighted by molar-refractivity contribution is 0.444. The minimum absolute atomic E-state index is 0.175. The van der Waals surface area contributed by atoms with Crippen LogP contribution >= 0.6 is 0 Å². The van der Waals surface area contributed by atoms with Crippen LogP contribution in [0.15, 0.2) is 24.5 Å². The molecule has 66 valence electrons. The zero-order chi connectivity index (χ0) is 8.81. The number of halogens is 1. The largest absolute Gasteiger partial charge is 0.308 e. The van der Waals surface area contributed by atoms with E-state index in [4.69, 9.17) is 0 Å². The van der Waals surface area contributed by atoms with Crippen molar-refractivity contribution >= 4 is 0 Å². The summed E-state index contributed by atoms with van der Waals surface area (Å²) < 4.78 is 11.8. The molecule has 1 aromatic rings. The molecule has 0 saturated heterocycles. The molecule has 1 aromatic heterocycles. The van der Waals surface area contributed by atoms with Gasteiger partial charge in [-0.25, -0.2) is 4.39 Å². The SMILES string of the molecule is CC(NCCF)c1cccnc1. The van der Waals surface area contributed by atoms with E-state index in [9.17, 15) is 4.39 Å². The maximum atomic E-state index is 11.8. The first kappa shape index (κ1) is 9.13. The minimum atomic E-state index is -0.329. The first-order valence-electron chi connectivity index (χ1n) is 4.04. The molecule has 0 amide bonds. The Balaban J connectivity index is 2.48. The predicted molar refractivity (Wildman–Crippen MR) is 46.6 cm³/mol. The average molecular weight is 168 g/mol. The van der Waals surface area contributed by atoms with Crippen molar-refractivity contribution in [2.75, 3.05) is 13.2 Å². The molecule has 3 heteroatoms. The van der Waals surface area contributed by atoms with Crippen LogP contribution in [0.1, 0.15) is 18.5 Å². The third-order valence-corrected chi connectivity index (χ3v) is 1.73. The lowest BCUT2D eigenvalue weighted by Gasteiger charge is -2.11. The number of pyridine rings is 1. The standard InChI is InChI=1S/C9H13FN2/c1-8(12-6-4-10)9-3-2-5-11-7-9/h2-3,5,7-8,12H,4,6H2,1H3. The summed E-state index contributed by atoms with van der Waals surface area (Å²) in [5.41, 5.74) is 1.09. The van der Waals surface area contributed by atoms with Gasteiger partial charge in [0.15, 0.2) is 0 Å². The molecular weight excluding hydrogens is 155 g/mol. The second kappa shape index (κ2) is 4.83. The van der Waals surface area contributed by atoms with Crippen LogP contribution in [0.4, 0.5) is 4.39 Å². The van der Waals surface area contributed by atoms with Crippen LogP contribution in [0.5, 0.6) is 0 Å². The second-order valence-corrected chi connectivity index (χ2v) is 2.65. The summed E-state index contributed by atoms with van der Waals surface area (Å²) in [5.74, 6) is 0.